The molecule has 162 valence electrons. The lowest BCUT2D eigenvalue weighted by atomic mass is 9.86. The molecule has 0 spiro atoms. The summed E-state index contributed by atoms with van der Waals surface area (Å²) in [5, 5.41) is 21.6. The fourth-order valence-electron chi connectivity index (χ4n) is 4.49. The van der Waals surface area contributed by atoms with E-state index < -0.39 is 0 Å². The second-order valence-corrected chi connectivity index (χ2v) is 8.28. The fraction of sp³-hybridized carbons (Fsp3) is 0.280. The molecule has 0 amide bonds. The highest BCUT2D eigenvalue weighted by Gasteiger charge is 2.27. The molecule has 7 heteroatoms. The van der Waals surface area contributed by atoms with Gasteiger partial charge in [0, 0.05) is 31.1 Å². The Kier molecular flexibility index (Phi) is 6.16. The van der Waals surface area contributed by atoms with Gasteiger partial charge in [-0.25, -0.2) is 5.10 Å². The standard InChI is InChI=1S/C25H27N7/c1-2-8-20(9-3-1)25(21-16-23-22(28-17-21)10-5-12-26-23)27-13-11-18-6-4-7-19(14-18)15-24-29-31-32-30-24/h1-10,12,14,21,25,27-28H,11,13,15-17H2,(H,29,30,31,32)/t21-,25-/m1/s1. The maximum atomic E-state index is 4.61. The summed E-state index contributed by atoms with van der Waals surface area (Å²) >= 11 is 0. The van der Waals surface area contributed by atoms with Crippen molar-refractivity contribution in [2.75, 3.05) is 18.4 Å². The van der Waals surface area contributed by atoms with E-state index in [0.717, 1.165) is 43.1 Å². The Morgan fingerprint density at radius 3 is 2.78 bits per heavy atom. The van der Waals surface area contributed by atoms with Crippen molar-refractivity contribution >= 4 is 5.69 Å². The van der Waals surface area contributed by atoms with Crippen molar-refractivity contribution < 1.29 is 0 Å². The van der Waals surface area contributed by atoms with Crippen LogP contribution in [0.3, 0.4) is 0 Å². The quantitative estimate of drug-likeness (QED) is 0.401. The molecule has 0 radical (unpaired) electrons. The van der Waals surface area contributed by atoms with Gasteiger partial charge in [0.15, 0.2) is 5.82 Å². The molecule has 0 fully saturated rings. The van der Waals surface area contributed by atoms with Gasteiger partial charge in [-0.3, -0.25) is 4.98 Å². The first kappa shape index (κ1) is 20.3. The number of hydrogen-bond acceptors (Lipinski definition) is 6. The molecule has 3 heterocycles. The third-order valence-electron chi connectivity index (χ3n) is 6.06. The molecular formula is C25H27N7. The van der Waals surface area contributed by atoms with Crippen LogP contribution in [0, 0.1) is 5.92 Å². The summed E-state index contributed by atoms with van der Waals surface area (Å²) in [6.07, 6.45) is 4.52. The van der Waals surface area contributed by atoms with Crippen LogP contribution in [0.25, 0.3) is 0 Å². The molecule has 1 aliphatic rings. The molecule has 2 aromatic carbocycles. The summed E-state index contributed by atoms with van der Waals surface area (Å²) in [5.41, 5.74) is 6.16. The summed E-state index contributed by atoms with van der Waals surface area (Å²) in [7, 11) is 0. The lowest BCUT2D eigenvalue weighted by molar-refractivity contribution is 0.365. The minimum absolute atomic E-state index is 0.266. The number of rotatable bonds is 8. The number of aromatic nitrogens is 5. The predicted molar refractivity (Wildman–Crippen MR) is 124 cm³/mol. The van der Waals surface area contributed by atoms with E-state index in [1.807, 2.05) is 12.3 Å². The minimum Gasteiger partial charge on any atom is -0.383 e. The van der Waals surface area contributed by atoms with Gasteiger partial charge < -0.3 is 10.6 Å². The zero-order valence-electron chi connectivity index (χ0n) is 17.9. The summed E-state index contributed by atoms with van der Waals surface area (Å²) < 4.78 is 0. The van der Waals surface area contributed by atoms with Crippen molar-refractivity contribution in [1.29, 1.82) is 0 Å². The Morgan fingerprint density at radius 1 is 1.00 bits per heavy atom. The second kappa shape index (κ2) is 9.70. The molecule has 0 aliphatic carbocycles. The van der Waals surface area contributed by atoms with Crippen LogP contribution in [0.5, 0.6) is 0 Å². The Hall–Kier alpha value is -3.58. The predicted octanol–water partition coefficient (Wildman–Crippen LogP) is 3.34. The van der Waals surface area contributed by atoms with Gasteiger partial charge in [-0.15, -0.1) is 5.10 Å². The summed E-state index contributed by atoms with van der Waals surface area (Å²) in [6.45, 7) is 1.84. The van der Waals surface area contributed by atoms with Crippen molar-refractivity contribution in [1.82, 2.24) is 30.9 Å². The molecule has 7 nitrogen and oxygen atoms in total. The molecule has 0 saturated carbocycles. The van der Waals surface area contributed by atoms with Crippen molar-refractivity contribution in [3.63, 3.8) is 0 Å². The fourth-order valence-corrected chi connectivity index (χ4v) is 4.49. The van der Waals surface area contributed by atoms with Crippen LogP contribution in [0.4, 0.5) is 5.69 Å². The normalized spacial score (nSPS) is 16.2. The van der Waals surface area contributed by atoms with Gasteiger partial charge in [0.25, 0.3) is 0 Å². The molecule has 1 aliphatic heterocycles. The van der Waals surface area contributed by atoms with Gasteiger partial charge in [-0.1, -0.05) is 54.6 Å². The summed E-state index contributed by atoms with van der Waals surface area (Å²) in [5.74, 6) is 1.22. The number of nitrogens with one attached hydrogen (secondary N) is 3. The zero-order chi connectivity index (χ0) is 21.6. The topological polar surface area (TPSA) is 91.4 Å². The van der Waals surface area contributed by atoms with Crippen LogP contribution in [0.1, 0.15) is 34.3 Å². The molecule has 5 rings (SSSR count). The van der Waals surface area contributed by atoms with Crippen molar-refractivity contribution in [3.05, 3.63) is 101 Å². The van der Waals surface area contributed by atoms with Gasteiger partial charge in [0.2, 0.25) is 0 Å². The van der Waals surface area contributed by atoms with Crippen LogP contribution < -0.4 is 10.6 Å². The molecule has 3 N–H and O–H groups in total. The molecule has 4 aromatic rings. The molecule has 0 unspecified atom stereocenters. The smallest absolute Gasteiger partial charge is 0.152 e. The Labute approximate surface area is 187 Å². The van der Waals surface area contributed by atoms with Gasteiger partial charge >= 0.3 is 0 Å². The highest BCUT2D eigenvalue weighted by atomic mass is 15.5. The van der Waals surface area contributed by atoms with Crippen molar-refractivity contribution in [3.8, 4) is 0 Å². The minimum atomic E-state index is 0.266. The molecule has 0 bridgehead atoms. The Balaban J connectivity index is 1.26. The number of hydrogen-bond donors (Lipinski definition) is 3. The third-order valence-corrected chi connectivity index (χ3v) is 6.06. The Bertz CT molecular complexity index is 1130. The van der Waals surface area contributed by atoms with E-state index in [1.54, 1.807) is 0 Å². The number of nitrogens with zero attached hydrogens (tertiary/aromatic N) is 4. The van der Waals surface area contributed by atoms with Crippen LogP contribution in [-0.4, -0.2) is 38.7 Å². The maximum Gasteiger partial charge on any atom is 0.152 e. The van der Waals surface area contributed by atoms with Gasteiger partial charge in [-0.2, -0.15) is 0 Å². The van der Waals surface area contributed by atoms with Gasteiger partial charge in [-0.05, 0) is 58.6 Å². The van der Waals surface area contributed by atoms with E-state index >= 15 is 0 Å². The van der Waals surface area contributed by atoms with E-state index in [1.165, 1.54) is 16.7 Å². The first-order valence-electron chi connectivity index (χ1n) is 11.1. The van der Waals surface area contributed by atoms with Crippen LogP contribution >= 0.6 is 0 Å². The van der Waals surface area contributed by atoms with E-state index in [4.69, 9.17) is 0 Å². The maximum absolute atomic E-state index is 4.61. The van der Waals surface area contributed by atoms with E-state index in [2.05, 4.69) is 96.9 Å². The molecule has 2 atom stereocenters. The number of fused-ring (bicyclic) bond motifs is 1. The number of benzene rings is 2. The third kappa shape index (κ3) is 4.84. The van der Waals surface area contributed by atoms with Gasteiger partial charge in [0.05, 0.1) is 11.4 Å². The highest BCUT2D eigenvalue weighted by Crippen LogP contribution is 2.31. The highest BCUT2D eigenvalue weighted by molar-refractivity contribution is 5.50. The number of aromatic amines is 1. The first-order chi connectivity index (χ1) is 15.8. The van der Waals surface area contributed by atoms with E-state index in [9.17, 15) is 0 Å². The molecule has 32 heavy (non-hydrogen) atoms. The average molecular weight is 426 g/mol. The van der Waals surface area contributed by atoms with Crippen molar-refractivity contribution in [2.24, 2.45) is 5.92 Å². The summed E-state index contributed by atoms with van der Waals surface area (Å²) in [4.78, 5) is 4.61. The number of pyridine rings is 1. The van der Waals surface area contributed by atoms with Crippen LogP contribution in [0.2, 0.25) is 0 Å². The number of anilines is 1. The largest absolute Gasteiger partial charge is 0.383 e. The molecule has 0 saturated heterocycles. The first-order valence-corrected chi connectivity index (χ1v) is 11.1. The SMILES string of the molecule is c1ccc([C@@H](NCCc2cccc(Cc3nnn[nH]3)c2)[C@H]2CNc3cccnc3C2)cc1. The lowest BCUT2D eigenvalue weighted by Gasteiger charge is -2.33. The second-order valence-electron chi connectivity index (χ2n) is 8.28. The molecular weight excluding hydrogens is 398 g/mol. The average Bonchev–Trinajstić information content (AvgIpc) is 3.35. The lowest BCUT2D eigenvalue weighted by Crippen LogP contribution is -2.37. The van der Waals surface area contributed by atoms with E-state index in [-0.39, 0.29) is 6.04 Å². The van der Waals surface area contributed by atoms with E-state index in [0.29, 0.717) is 12.3 Å². The Morgan fingerprint density at radius 2 is 1.91 bits per heavy atom. The molecule has 2 aromatic heterocycles. The monoisotopic (exact) mass is 425 g/mol. The van der Waals surface area contributed by atoms with Crippen LogP contribution in [0.15, 0.2) is 72.9 Å². The number of tetrazole rings is 1. The van der Waals surface area contributed by atoms with Gasteiger partial charge in [0.1, 0.15) is 0 Å². The van der Waals surface area contributed by atoms with Crippen LogP contribution in [-0.2, 0) is 19.3 Å². The summed E-state index contributed by atoms with van der Waals surface area (Å²) in [6, 6.07) is 23.8. The zero-order valence-corrected chi connectivity index (χ0v) is 17.9. The van der Waals surface area contributed by atoms with Crippen molar-refractivity contribution in [2.45, 2.75) is 25.3 Å². The number of H-pyrrole nitrogens is 1.